The molecule has 0 radical (unpaired) electrons. The summed E-state index contributed by atoms with van der Waals surface area (Å²) in [4.78, 5) is 0. The van der Waals surface area contributed by atoms with Crippen LogP contribution in [0.5, 0.6) is 5.75 Å². The molecule has 6 heteroatoms. The Hall–Kier alpha value is -0.450. The van der Waals surface area contributed by atoms with Crippen molar-refractivity contribution in [3.8, 4) is 5.75 Å². The zero-order valence-electron chi connectivity index (χ0n) is 9.41. The molecule has 96 valence electrons. The second-order valence-electron chi connectivity index (χ2n) is 3.64. The maximum Gasteiger partial charge on any atom is 0.125 e. The minimum Gasteiger partial charge on any atom is -0.496 e. The summed E-state index contributed by atoms with van der Waals surface area (Å²) in [5.41, 5.74) is 7.80. The summed E-state index contributed by atoms with van der Waals surface area (Å²) >= 11 is 19.2. The molecule has 0 fully saturated rings. The monoisotopic (exact) mass is 321 g/mol. The lowest BCUT2D eigenvalue weighted by Gasteiger charge is -2.15. The van der Waals surface area contributed by atoms with E-state index in [0.717, 1.165) is 11.1 Å². The number of methoxy groups -OCH3 is 1. The molecule has 0 saturated carbocycles. The maximum absolute atomic E-state index is 6.20. The van der Waals surface area contributed by atoms with Crippen molar-refractivity contribution < 1.29 is 4.74 Å². The quantitative estimate of drug-likeness (QED) is 0.884. The number of thiophene rings is 1. The first-order valence-electron chi connectivity index (χ1n) is 5.06. The van der Waals surface area contributed by atoms with Gasteiger partial charge >= 0.3 is 0 Å². The van der Waals surface area contributed by atoms with Crippen LogP contribution in [-0.4, -0.2) is 7.11 Å². The van der Waals surface area contributed by atoms with Crippen LogP contribution in [0.15, 0.2) is 24.3 Å². The van der Waals surface area contributed by atoms with E-state index in [2.05, 4.69) is 0 Å². The van der Waals surface area contributed by atoms with Crippen LogP contribution in [0.3, 0.4) is 0 Å². The van der Waals surface area contributed by atoms with Crippen LogP contribution < -0.4 is 10.5 Å². The number of ether oxygens (including phenoxy) is 1. The van der Waals surface area contributed by atoms with Crippen LogP contribution in [0.4, 0.5) is 0 Å². The van der Waals surface area contributed by atoms with E-state index >= 15 is 0 Å². The third-order valence-electron chi connectivity index (χ3n) is 2.55. The summed E-state index contributed by atoms with van der Waals surface area (Å²) < 4.78 is 6.48. The van der Waals surface area contributed by atoms with E-state index in [9.17, 15) is 0 Å². The van der Waals surface area contributed by atoms with Crippen molar-refractivity contribution >= 4 is 46.1 Å². The fourth-order valence-electron chi connectivity index (χ4n) is 1.67. The molecule has 2 nitrogen and oxygen atoms in total. The molecule has 2 N–H and O–H groups in total. The maximum atomic E-state index is 6.20. The van der Waals surface area contributed by atoms with Crippen LogP contribution >= 0.6 is 46.1 Å². The number of hydrogen-bond donors (Lipinski definition) is 1. The van der Waals surface area contributed by atoms with Crippen LogP contribution in [0, 0.1) is 0 Å². The molecule has 1 unspecified atom stereocenters. The molecule has 1 heterocycles. The number of hydrogen-bond acceptors (Lipinski definition) is 3. The molecular weight excluding hydrogens is 313 g/mol. The summed E-state index contributed by atoms with van der Waals surface area (Å²) in [7, 11) is 1.57. The highest BCUT2D eigenvalue weighted by Crippen LogP contribution is 2.39. The van der Waals surface area contributed by atoms with Crippen molar-refractivity contribution in [1.82, 2.24) is 0 Å². The molecule has 1 aromatic carbocycles. The van der Waals surface area contributed by atoms with Gasteiger partial charge in [0.1, 0.15) is 5.75 Å². The number of rotatable bonds is 3. The second kappa shape index (κ2) is 5.68. The standard InChI is InChI=1S/C12H10Cl3NOS/c1-17-9-4-6(13)2-3-7(9)11(16)8-5-10(14)18-12(8)15/h2-5,11H,16H2,1H3. The molecule has 0 aliphatic rings. The molecule has 1 aromatic heterocycles. The summed E-state index contributed by atoms with van der Waals surface area (Å²) in [6, 6.07) is 6.69. The third-order valence-corrected chi connectivity index (χ3v) is 4.30. The minimum atomic E-state index is -0.395. The lowest BCUT2D eigenvalue weighted by atomic mass is 10.0. The molecule has 0 aliphatic carbocycles. The molecule has 2 rings (SSSR count). The highest BCUT2D eigenvalue weighted by Gasteiger charge is 2.19. The van der Waals surface area contributed by atoms with E-state index in [0.29, 0.717) is 19.4 Å². The van der Waals surface area contributed by atoms with Crippen LogP contribution in [-0.2, 0) is 0 Å². The Morgan fingerprint density at radius 2 is 1.89 bits per heavy atom. The largest absolute Gasteiger partial charge is 0.496 e. The van der Waals surface area contributed by atoms with Gasteiger partial charge in [0.15, 0.2) is 0 Å². The van der Waals surface area contributed by atoms with Gasteiger partial charge in [-0.2, -0.15) is 0 Å². The lowest BCUT2D eigenvalue weighted by molar-refractivity contribution is 0.408. The number of benzene rings is 1. The van der Waals surface area contributed by atoms with Gasteiger partial charge in [0.05, 0.1) is 21.8 Å². The van der Waals surface area contributed by atoms with Gasteiger partial charge in [0.25, 0.3) is 0 Å². The normalized spacial score (nSPS) is 12.5. The second-order valence-corrected chi connectivity index (χ2v) is 6.37. The lowest BCUT2D eigenvalue weighted by Crippen LogP contribution is -2.12. The third kappa shape index (κ3) is 2.76. The summed E-state index contributed by atoms with van der Waals surface area (Å²) in [5.74, 6) is 0.633. The van der Waals surface area contributed by atoms with Gasteiger partial charge in [0, 0.05) is 16.1 Å². The minimum absolute atomic E-state index is 0.395. The Bertz CT molecular complexity index is 570. The highest BCUT2D eigenvalue weighted by molar-refractivity contribution is 7.20. The molecule has 2 aromatic rings. The van der Waals surface area contributed by atoms with Crippen molar-refractivity contribution in [3.05, 3.63) is 49.1 Å². The first-order valence-corrected chi connectivity index (χ1v) is 7.01. The molecular formula is C12H10Cl3NOS. The zero-order chi connectivity index (χ0) is 13.3. The van der Waals surface area contributed by atoms with Crippen LogP contribution in [0.25, 0.3) is 0 Å². The molecule has 1 atom stereocenters. The number of halogens is 3. The van der Waals surface area contributed by atoms with E-state index in [4.69, 9.17) is 45.3 Å². The van der Waals surface area contributed by atoms with Gasteiger partial charge in [-0.1, -0.05) is 40.9 Å². The summed E-state index contributed by atoms with van der Waals surface area (Å²) in [6.45, 7) is 0. The van der Waals surface area contributed by atoms with E-state index < -0.39 is 6.04 Å². The topological polar surface area (TPSA) is 35.2 Å². The fourth-order valence-corrected chi connectivity index (χ4v) is 3.39. The van der Waals surface area contributed by atoms with Gasteiger partial charge in [-0.3, -0.25) is 0 Å². The molecule has 0 aliphatic heterocycles. The van der Waals surface area contributed by atoms with Gasteiger partial charge in [-0.15, -0.1) is 11.3 Å². The van der Waals surface area contributed by atoms with Crippen molar-refractivity contribution in [3.63, 3.8) is 0 Å². The molecule has 0 saturated heterocycles. The van der Waals surface area contributed by atoms with Crippen molar-refractivity contribution in [2.45, 2.75) is 6.04 Å². The molecule has 0 bridgehead atoms. The smallest absolute Gasteiger partial charge is 0.125 e. The Morgan fingerprint density at radius 1 is 1.17 bits per heavy atom. The SMILES string of the molecule is COc1cc(Cl)ccc1C(N)c1cc(Cl)sc1Cl. The van der Waals surface area contributed by atoms with Crippen molar-refractivity contribution in [2.75, 3.05) is 7.11 Å². The molecule has 0 amide bonds. The van der Waals surface area contributed by atoms with E-state index in [1.165, 1.54) is 11.3 Å². The fraction of sp³-hybridized carbons (Fsp3) is 0.167. The summed E-state index contributed by atoms with van der Waals surface area (Å²) in [5, 5.41) is 0.595. The Labute approximate surface area is 124 Å². The van der Waals surface area contributed by atoms with Gasteiger partial charge in [-0.25, -0.2) is 0 Å². The molecule has 18 heavy (non-hydrogen) atoms. The molecule has 0 spiro atoms. The Morgan fingerprint density at radius 3 is 2.44 bits per heavy atom. The van der Waals surface area contributed by atoms with E-state index in [-0.39, 0.29) is 0 Å². The summed E-state index contributed by atoms with van der Waals surface area (Å²) in [6.07, 6.45) is 0. The number of nitrogens with two attached hydrogens (primary N) is 1. The van der Waals surface area contributed by atoms with Gasteiger partial charge in [0.2, 0.25) is 0 Å². The predicted molar refractivity (Wildman–Crippen MR) is 78.4 cm³/mol. The zero-order valence-corrected chi connectivity index (χ0v) is 12.5. The van der Waals surface area contributed by atoms with Crippen LogP contribution in [0.2, 0.25) is 13.7 Å². The first kappa shape index (κ1) is 14.0. The van der Waals surface area contributed by atoms with Gasteiger partial charge < -0.3 is 10.5 Å². The predicted octanol–water partition coefficient (Wildman–Crippen LogP) is 4.77. The highest BCUT2D eigenvalue weighted by atomic mass is 35.5. The average Bonchev–Trinajstić information content (AvgIpc) is 2.67. The Kier molecular flexibility index (Phi) is 4.41. The first-order chi connectivity index (χ1) is 8.52. The van der Waals surface area contributed by atoms with E-state index in [1.807, 2.05) is 6.07 Å². The Balaban J connectivity index is 2.45. The average molecular weight is 323 g/mol. The van der Waals surface area contributed by atoms with Crippen LogP contribution in [0.1, 0.15) is 17.2 Å². The van der Waals surface area contributed by atoms with Crippen molar-refractivity contribution in [1.29, 1.82) is 0 Å². The van der Waals surface area contributed by atoms with Gasteiger partial charge in [-0.05, 0) is 18.2 Å². The van der Waals surface area contributed by atoms with Crippen molar-refractivity contribution in [2.24, 2.45) is 5.73 Å². The van der Waals surface area contributed by atoms with E-state index in [1.54, 1.807) is 25.3 Å².